The molecule has 1 aromatic heterocycles. The third kappa shape index (κ3) is 2.69. The zero-order valence-corrected chi connectivity index (χ0v) is 11.9. The molecule has 0 atom stereocenters. The highest BCUT2D eigenvalue weighted by Crippen LogP contribution is 2.27. The van der Waals surface area contributed by atoms with Gasteiger partial charge in [-0.15, -0.1) is 0 Å². The van der Waals surface area contributed by atoms with Crippen LogP contribution in [0.4, 0.5) is 5.69 Å². The molecule has 0 bridgehead atoms. The number of carbonyl (C=O) groups is 2. The fourth-order valence-corrected chi connectivity index (χ4v) is 1.95. The Labute approximate surface area is 120 Å². The number of nitrogens with one attached hydrogen (secondary N) is 1. The molecule has 0 unspecified atom stereocenters. The molecule has 0 saturated carbocycles. The van der Waals surface area contributed by atoms with Crippen molar-refractivity contribution in [2.75, 3.05) is 26.1 Å². The van der Waals surface area contributed by atoms with Crippen LogP contribution < -0.4 is 10.6 Å². The van der Waals surface area contributed by atoms with Gasteiger partial charge in [0, 0.05) is 19.7 Å². The lowest BCUT2D eigenvalue weighted by Gasteiger charge is -2.17. The van der Waals surface area contributed by atoms with Crippen LogP contribution in [0.25, 0.3) is 11.3 Å². The SMILES string of the molecule is COC(=O)c1cc(-c2n[nH]nc2C(N)=O)ccc1N(C)C. The van der Waals surface area contributed by atoms with E-state index in [0.29, 0.717) is 16.8 Å². The minimum absolute atomic E-state index is 0.0171. The van der Waals surface area contributed by atoms with Crippen LogP contribution in [0.2, 0.25) is 0 Å². The Morgan fingerprint density at radius 3 is 2.57 bits per heavy atom. The zero-order chi connectivity index (χ0) is 15.6. The maximum absolute atomic E-state index is 11.9. The van der Waals surface area contributed by atoms with Gasteiger partial charge in [-0.1, -0.05) is 6.07 Å². The summed E-state index contributed by atoms with van der Waals surface area (Å²) in [7, 11) is 4.93. The Morgan fingerprint density at radius 2 is 2.00 bits per heavy atom. The minimum Gasteiger partial charge on any atom is -0.465 e. The molecule has 1 heterocycles. The third-order valence-corrected chi connectivity index (χ3v) is 2.94. The molecule has 110 valence electrons. The second-order valence-corrected chi connectivity index (χ2v) is 4.50. The van der Waals surface area contributed by atoms with Gasteiger partial charge in [0.25, 0.3) is 5.91 Å². The molecule has 2 aromatic rings. The monoisotopic (exact) mass is 289 g/mol. The number of hydrogen-bond donors (Lipinski definition) is 2. The molecular formula is C13H15N5O3. The Kier molecular flexibility index (Phi) is 3.88. The first-order valence-corrected chi connectivity index (χ1v) is 6.06. The molecule has 0 aliphatic heterocycles. The molecular weight excluding hydrogens is 274 g/mol. The molecule has 0 radical (unpaired) electrons. The van der Waals surface area contributed by atoms with Gasteiger partial charge < -0.3 is 15.4 Å². The van der Waals surface area contributed by atoms with E-state index < -0.39 is 11.9 Å². The van der Waals surface area contributed by atoms with Crippen molar-refractivity contribution < 1.29 is 14.3 Å². The highest BCUT2D eigenvalue weighted by atomic mass is 16.5. The van der Waals surface area contributed by atoms with E-state index in [1.165, 1.54) is 7.11 Å². The average Bonchev–Trinajstić information content (AvgIpc) is 2.95. The van der Waals surface area contributed by atoms with Crippen LogP contribution >= 0.6 is 0 Å². The number of ether oxygens (including phenoxy) is 1. The van der Waals surface area contributed by atoms with E-state index in [0.717, 1.165) is 0 Å². The van der Waals surface area contributed by atoms with E-state index in [2.05, 4.69) is 15.4 Å². The number of rotatable bonds is 4. The number of aromatic amines is 1. The van der Waals surface area contributed by atoms with Crippen LogP contribution in [-0.2, 0) is 4.74 Å². The lowest BCUT2D eigenvalue weighted by Crippen LogP contribution is -2.15. The first-order chi connectivity index (χ1) is 9.95. The molecule has 0 fully saturated rings. The van der Waals surface area contributed by atoms with Crippen LogP contribution in [0.5, 0.6) is 0 Å². The summed E-state index contributed by atoms with van der Waals surface area (Å²) in [6, 6.07) is 5.05. The topological polar surface area (TPSA) is 114 Å². The average molecular weight is 289 g/mol. The summed E-state index contributed by atoms with van der Waals surface area (Å²) in [5.74, 6) is -1.18. The van der Waals surface area contributed by atoms with Gasteiger partial charge in [-0.2, -0.15) is 15.4 Å². The summed E-state index contributed by atoms with van der Waals surface area (Å²) in [4.78, 5) is 25.0. The van der Waals surface area contributed by atoms with Crippen LogP contribution in [0.15, 0.2) is 18.2 Å². The fourth-order valence-electron chi connectivity index (χ4n) is 1.95. The van der Waals surface area contributed by atoms with Crippen LogP contribution in [0.1, 0.15) is 20.8 Å². The Bertz CT molecular complexity index is 693. The van der Waals surface area contributed by atoms with Crippen LogP contribution in [0, 0.1) is 0 Å². The first-order valence-electron chi connectivity index (χ1n) is 6.06. The molecule has 0 saturated heterocycles. The Morgan fingerprint density at radius 1 is 1.29 bits per heavy atom. The number of aromatic nitrogens is 3. The second-order valence-electron chi connectivity index (χ2n) is 4.50. The van der Waals surface area contributed by atoms with Crippen molar-refractivity contribution in [3.05, 3.63) is 29.5 Å². The number of methoxy groups -OCH3 is 1. The van der Waals surface area contributed by atoms with Crippen molar-refractivity contribution in [2.45, 2.75) is 0 Å². The summed E-state index contributed by atoms with van der Waals surface area (Å²) >= 11 is 0. The molecule has 0 spiro atoms. The van der Waals surface area contributed by atoms with E-state index in [1.54, 1.807) is 23.1 Å². The largest absolute Gasteiger partial charge is 0.465 e. The van der Waals surface area contributed by atoms with E-state index in [1.807, 2.05) is 14.1 Å². The molecule has 0 aliphatic carbocycles. The van der Waals surface area contributed by atoms with Gasteiger partial charge in [0.05, 0.1) is 18.4 Å². The first kappa shape index (κ1) is 14.5. The number of nitrogens with two attached hydrogens (primary N) is 1. The van der Waals surface area contributed by atoms with Gasteiger partial charge in [0.15, 0.2) is 5.69 Å². The van der Waals surface area contributed by atoms with Crippen molar-refractivity contribution in [3.63, 3.8) is 0 Å². The van der Waals surface area contributed by atoms with Gasteiger partial charge in [0.2, 0.25) is 0 Å². The summed E-state index contributed by atoms with van der Waals surface area (Å²) in [5, 5.41) is 9.96. The quantitative estimate of drug-likeness (QED) is 0.788. The minimum atomic E-state index is -0.699. The summed E-state index contributed by atoms with van der Waals surface area (Å²) in [5.41, 5.74) is 7.14. The number of H-pyrrole nitrogens is 1. The Balaban J connectivity index is 2.59. The van der Waals surface area contributed by atoms with Crippen molar-refractivity contribution in [1.82, 2.24) is 15.4 Å². The summed E-state index contributed by atoms with van der Waals surface area (Å²) < 4.78 is 4.78. The molecule has 21 heavy (non-hydrogen) atoms. The smallest absolute Gasteiger partial charge is 0.339 e. The van der Waals surface area contributed by atoms with Gasteiger partial charge in [-0.25, -0.2) is 4.79 Å². The molecule has 8 heteroatoms. The van der Waals surface area contributed by atoms with Gasteiger partial charge in [-0.3, -0.25) is 4.79 Å². The van der Waals surface area contributed by atoms with Gasteiger partial charge >= 0.3 is 5.97 Å². The van der Waals surface area contributed by atoms with Crippen molar-refractivity contribution in [3.8, 4) is 11.3 Å². The van der Waals surface area contributed by atoms with Crippen LogP contribution in [0.3, 0.4) is 0 Å². The molecule has 3 N–H and O–H groups in total. The highest BCUT2D eigenvalue weighted by Gasteiger charge is 2.19. The lowest BCUT2D eigenvalue weighted by atomic mass is 10.0. The highest BCUT2D eigenvalue weighted by molar-refractivity contribution is 6.00. The maximum atomic E-state index is 11.9. The maximum Gasteiger partial charge on any atom is 0.339 e. The van der Waals surface area contributed by atoms with Crippen molar-refractivity contribution in [2.24, 2.45) is 5.73 Å². The Hall–Kier alpha value is -2.90. The van der Waals surface area contributed by atoms with E-state index >= 15 is 0 Å². The number of benzene rings is 1. The summed E-state index contributed by atoms with van der Waals surface area (Å²) in [6.45, 7) is 0. The van der Waals surface area contributed by atoms with E-state index in [4.69, 9.17) is 10.5 Å². The normalized spacial score (nSPS) is 10.2. The number of nitrogens with zero attached hydrogens (tertiary/aromatic N) is 3. The molecule has 1 aromatic carbocycles. The molecule has 8 nitrogen and oxygen atoms in total. The third-order valence-electron chi connectivity index (χ3n) is 2.94. The van der Waals surface area contributed by atoms with Crippen molar-refractivity contribution in [1.29, 1.82) is 0 Å². The lowest BCUT2D eigenvalue weighted by molar-refractivity contribution is 0.0601. The second kappa shape index (κ2) is 5.61. The number of amides is 1. The fraction of sp³-hybridized carbons (Fsp3) is 0.231. The van der Waals surface area contributed by atoms with E-state index in [-0.39, 0.29) is 11.4 Å². The number of carbonyl (C=O) groups excluding carboxylic acids is 2. The van der Waals surface area contributed by atoms with Gasteiger partial charge in [0.1, 0.15) is 5.69 Å². The predicted molar refractivity (Wildman–Crippen MR) is 76.0 cm³/mol. The van der Waals surface area contributed by atoms with Gasteiger partial charge in [-0.05, 0) is 12.1 Å². The van der Waals surface area contributed by atoms with Crippen LogP contribution in [-0.4, -0.2) is 48.5 Å². The van der Waals surface area contributed by atoms with Crippen molar-refractivity contribution >= 4 is 17.6 Å². The van der Waals surface area contributed by atoms with E-state index in [9.17, 15) is 9.59 Å². The number of hydrogen-bond acceptors (Lipinski definition) is 6. The molecule has 1 amide bonds. The predicted octanol–water partition coefficient (Wildman–Crippen LogP) is 0.423. The number of anilines is 1. The number of esters is 1. The standard InChI is InChI=1S/C13H15N5O3/c1-18(2)9-5-4-7(6-8(9)13(20)21-3)10-11(12(14)19)16-17-15-10/h4-6H,1-3H3,(H2,14,19)(H,15,16,17). The zero-order valence-electron chi connectivity index (χ0n) is 11.9. The molecule has 2 rings (SSSR count). The summed E-state index contributed by atoms with van der Waals surface area (Å²) in [6.07, 6.45) is 0. The molecule has 0 aliphatic rings. The number of primary amides is 1.